The average Bonchev–Trinajstić information content (AvgIpc) is 3.51. The minimum absolute atomic E-state index is 0.155. The lowest BCUT2D eigenvalue weighted by Gasteiger charge is -2.40. The second-order valence-corrected chi connectivity index (χ2v) is 14.7. The van der Waals surface area contributed by atoms with E-state index in [9.17, 15) is 34.2 Å². The van der Waals surface area contributed by atoms with Gasteiger partial charge in [0.15, 0.2) is 0 Å². The first-order valence-electron chi connectivity index (χ1n) is 19.7. The zero-order valence-corrected chi connectivity index (χ0v) is 31.7. The molecule has 0 saturated heterocycles. The Morgan fingerprint density at radius 2 is 1.61 bits per heavy atom. The second-order valence-electron chi connectivity index (χ2n) is 14.7. The Morgan fingerprint density at radius 3 is 2.24 bits per heavy atom. The molecule has 0 saturated carbocycles. The van der Waals surface area contributed by atoms with Crippen molar-refractivity contribution in [3.05, 3.63) is 46.7 Å². The van der Waals surface area contributed by atoms with Gasteiger partial charge in [0.2, 0.25) is 5.91 Å². The number of hydrogen-bond donors (Lipinski definition) is 3. The third-order valence-corrected chi connectivity index (χ3v) is 10.8. The molecule has 1 aromatic heterocycles. The van der Waals surface area contributed by atoms with Gasteiger partial charge in [0.1, 0.15) is 18.4 Å². The molecule has 3 aliphatic heterocycles. The molecule has 3 atom stereocenters. The number of aliphatic carboxylic acids is 1. The van der Waals surface area contributed by atoms with Crippen LogP contribution in [0.5, 0.6) is 5.75 Å². The minimum Gasteiger partial charge on any atom is -0.480 e. The molecule has 3 N–H and O–H groups in total. The zero-order valence-electron chi connectivity index (χ0n) is 31.7. The van der Waals surface area contributed by atoms with Gasteiger partial charge < -0.3 is 34.6 Å². The van der Waals surface area contributed by atoms with Crippen LogP contribution in [-0.4, -0.2) is 75.4 Å². The molecular formula is C41H55N3O10. The number of cyclic esters (lactones) is 1. The molecule has 1 aromatic carbocycles. The molecule has 13 nitrogen and oxygen atoms in total. The number of benzene rings is 1. The minimum atomic E-state index is -2.34. The number of carbonyl (C=O) groups is 5. The molecule has 4 heterocycles. The van der Waals surface area contributed by atoms with Gasteiger partial charge in [-0.1, -0.05) is 96.8 Å². The van der Waals surface area contributed by atoms with E-state index in [1.807, 2.05) is 6.07 Å². The molecule has 54 heavy (non-hydrogen) atoms. The number of unbranched alkanes of at least 4 members (excludes halogenated alkanes) is 13. The Labute approximate surface area is 316 Å². The summed E-state index contributed by atoms with van der Waals surface area (Å²) in [5.41, 5.74) is 2.38. The molecule has 0 aliphatic carbocycles. The molecule has 294 valence electrons. The first-order chi connectivity index (χ1) is 26.0. The van der Waals surface area contributed by atoms with Crippen molar-refractivity contribution < 1.29 is 48.4 Å². The van der Waals surface area contributed by atoms with Gasteiger partial charge in [-0.05, 0) is 36.2 Å². The quantitative estimate of drug-likeness (QED) is 0.0529. The number of hydrogen-bond acceptors (Lipinski definition) is 10. The van der Waals surface area contributed by atoms with Crippen molar-refractivity contribution in [2.45, 2.75) is 147 Å². The maximum Gasteiger partial charge on any atom is 0.371 e. The first-order valence-corrected chi connectivity index (χ1v) is 19.7. The van der Waals surface area contributed by atoms with Crippen molar-refractivity contribution in [2.24, 2.45) is 0 Å². The summed E-state index contributed by atoms with van der Waals surface area (Å²) in [5, 5.41) is 23.8. The van der Waals surface area contributed by atoms with Crippen molar-refractivity contribution in [1.82, 2.24) is 15.2 Å². The number of fused-ring (bicyclic) bond motifs is 4. The van der Waals surface area contributed by atoms with E-state index < -0.39 is 41.7 Å². The number of carbonyl (C=O) groups excluding carboxylic acids is 4. The number of nitrogens with one attached hydrogen (secondary N) is 1. The maximum absolute atomic E-state index is 13.4. The van der Waals surface area contributed by atoms with E-state index in [2.05, 4.69) is 12.2 Å². The van der Waals surface area contributed by atoms with Gasteiger partial charge in [-0.15, -0.1) is 0 Å². The summed E-state index contributed by atoms with van der Waals surface area (Å²) < 4.78 is 15.6. The first kappa shape index (κ1) is 40.8. The van der Waals surface area contributed by atoms with Crippen LogP contribution in [0.1, 0.15) is 140 Å². The SMILES string of the molecule is CCCCCCCCCCCCCCCCC(NC(=O)CCC(=O)Oc1ccc2nc3c(cc2c1)CN1C(=O)C2=C(CC31)[C@@](O)(OC)C(=O)OC2)C(=O)O. The van der Waals surface area contributed by atoms with Crippen LogP contribution in [0.3, 0.4) is 0 Å². The van der Waals surface area contributed by atoms with Gasteiger partial charge in [-0.2, -0.15) is 0 Å². The molecule has 13 heteroatoms. The van der Waals surface area contributed by atoms with Crippen LogP contribution in [0.25, 0.3) is 10.9 Å². The lowest BCUT2D eigenvalue weighted by atomic mass is 9.86. The number of carboxylic acid groups (broad SMARTS) is 1. The monoisotopic (exact) mass is 749 g/mol. The van der Waals surface area contributed by atoms with Crippen molar-refractivity contribution in [1.29, 1.82) is 0 Å². The number of carboxylic acids is 1. The average molecular weight is 750 g/mol. The molecule has 0 fully saturated rings. The Hall–Kier alpha value is -4.36. The predicted octanol–water partition coefficient (Wildman–Crippen LogP) is 6.34. The van der Waals surface area contributed by atoms with Crippen molar-refractivity contribution in [3.63, 3.8) is 0 Å². The van der Waals surface area contributed by atoms with E-state index in [0.717, 1.165) is 24.8 Å². The Morgan fingerprint density at radius 1 is 0.963 bits per heavy atom. The third-order valence-electron chi connectivity index (χ3n) is 10.8. The Bertz CT molecular complexity index is 1720. The van der Waals surface area contributed by atoms with Gasteiger partial charge in [0, 0.05) is 37.5 Å². The van der Waals surface area contributed by atoms with E-state index in [4.69, 9.17) is 19.2 Å². The highest BCUT2D eigenvalue weighted by Crippen LogP contribution is 2.47. The topological polar surface area (TPSA) is 182 Å². The molecule has 0 spiro atoms. The number of ether oxygens (including phenoxy) is 3. The fourth-order valence-electron chi connectivity index (χ4n) is 7.69. The molecule has 5 rings (SSSR count). The molecule has 0 bridgehead atoms. The van der Waals surface area contributed by atoms with Crippen LogP contribution < -0.4 is 10.1 Å². The molecular weight excluding hydrogens is 694 g/mol. The normalized spacial score (nSPS) is 19.6. The van der Waals surface area contributed by atoms with Gasteiger partial charge in [0.05, 0.1) is 29.2 Å². The summed E-state index contributed by atoms with van der Waals surface area (Å²) in [6.07, 6.45) is 16.9. The summed E-state index contributed by atoms with van der Waals surface area (Å²) in [6, 6.07) is 5.26. The van der Waals surface area contributed by atoms with E-state index in [0.29, 0.717) is 29.4 Å². The number of aliphatic hydroxyl groups is 1. The number of nitrogens with zero attached hydrogens (tertiary/aromatic N) is 2. The van der Waals surface area contributed by atoms with Crippen molar-refractivity contribution >= 4 is 40.6 Å². The largest absolute Gasteiger partial charge is 0.480 e. The smallest absolute Gasteiger partial charge is 0.371 e. The maximum atomic E-state index is 13.4. The highest BCUT2D eigenvalue weighted by molar-refractivity contribution is 6.00. The van der Waals surface area contributed by atoms with Gasteiger partial charge in [-0.25, -0.2) is 9.59 Å². The Kier molecular flexibility index (Phi) is 14.6. The lowest BCUT2D eigenvalue weighted by molar-refractivity contribution is -0.211. The molecule has 2 aromatic rings. The second kappa shape index (κ2) is 19.3. The van der Waals surface area contributed by atoms with Gasteiger partial charge in [-0.3, -0.25) is 19.4 Å². The van der Waals surface area contributed by atoms with Crippen LogP contribution >= 0.6 is 0 Å². The van der Waals surface area contributed by atoms with Crippen molar-refractivity contribution in [3.8, 4) is 5.75 Å². The van der Waals surface area contributed by atoms with Crippen LogP contribution in [0.15, 0.2) is 35.4 Å². The summed E-state index contributed by atoms with van der Waals surface area (Å²) in [7, 11) is 1.18. The summed E-state index contributed by atoms with van der Waals surface area (Å²) in [4.78, 5) is 69.2. The number of pyridine rings is 1. The van der Waals surface area contributed by atoms with Crippen LogP contribution in [0.4, 0.5) is 0 Å². The molecule has 3 aliphatic rings. The molecule has 2 unspecified atom stereocenters. The summed E-state index contributed by atoms with van der Waals surface area (Å²) in [6.45, 7) is 2.25. The van der Waals surface area contributed by atoms with E-state index >= 15 is 0 Å². The highest BCUT2D eigenvalue weighted by atomic mass is 16.7. The third kappa shape index (κ3) is 10.0. The van der Waals surface area contributed by atoms with Crippen LogP contribution in [0.2, 0.25) is 0 Å². The fraction of sp³-hybridized carbons (Fsp3) is 0.610. The predicted molar refractivity (Wildman–Crippen MR) is 199 cm³/mol. The van der Waals surface area contributed by atoms with Crippen LogP contribution in [0, 0.1) is 0 Å². The summed E-state index contributed by atoms with van der Waals surface area (Å²) in [5.74, 6) is -5.66. The standard InChI is InChI=1S/C41H55N3O10/c1-3-4-5-6-7-8-9-10-11-12-13-14-15-16-17-33(39(48)49)42-35(45)20-21-36(46)54-29-18-19-32-27(23-29)22-28-25-44-34(37(28)43-32)24-31-30(38(44)47)26-53-40(50)41(31,51)52-2/h18-19,22-23,33-34,51H,3-17,20-21,24-26H2,1-2H3,(H,42,45)(H,48,49)/t33?,34?,41-/m1/s1. The summed E-state index contributed by atoms with van der Waals surface area (Å²) >= 11 is 0. The number of methoxy groups -OCH3 is 1. The van der Waals surface area contributed by atoms with Gasteiger partial charge in [0.25, 0.3) is 11.7 Å². The Balaban J connectivity index is 1.03. The van der Waals surface area contributed by atoms with E-state index in [1.165, 1.54) is 71.3 Å². The number of esters is 2. The zero-order chi connectivity index (χ0) is 38.7. The van der Waals surface area contributed by atoms with Gasteiger partial charge >= 0.3 is 17.9 Å². The fourth-order valence-corrected chi connectivity index (χ4v) is 7.69. The van der Waals surface area contributed by atoms with Crippen molar-refractivity contribution in [2.75, 3.05) is 13.7 Å². The number of rotatable bonds is 22. The lowest BCUT2D eigenvalue weighted by Crippen LogP contribution is -2.52. The molecule has 0 radical (unpaired) electrons. The van der Waals surface area contributed by atoms with E-state index in [-0.39, 0.29) is 55.2 Å². The molecule has 2 amide bonds. The highest BCUT2D eigenvalue weighted by Gasteiger charge is 2.54. The number of amides is 2. The van der Waals surface area contributed by atoms with Crippen LogP contribution in [-0.2, 0) is 40.0 Å². The van der Waals surface area contributed by atoms with E-state index in [1.54, 1.807) is 23.1 Å². The number of aromatic nitrogens is 1.